The molecule has 2 aliphatic rings. The van der Waals surface area contributed by atoms with Crippen molar-refractivity contribution in [3.05, 3.63) is 16.9 Å². The molecule has 3 rings (SSSR count). The fourth-order valence-electron chi connectivity index (χ4n) is 3.63. The second-order valence-electron chi connectivity index (χ2n) is 6.45. The monoisotopic (exact) mass is 310 g/mol. The third kappa shape index (κ3) is 2.81. The summed E-state index contributed by atoms with van der Waals surface area (Å²) >= 11 is 6.01. The van der Waals surface area contributed by atoms with Gasteiger partial charge in [-0.3, -0.25) is 9.48 Å². The molecule has 3 unspecified atom stereocenters. The van der Waals surface area contributed by atoms with Crippen LogP contribution in [-0.4, -0.2) is 45.8 Å². The first-order valence-electron chi connectivity index (χ1n) is 7.69. The molecule has 1 amide bonds. The van der Waals surface area contributed by atoms with Crippen molar-refractivity contribution in [3.8, 4) is 0 Å². The molecule has 1 aromatic rings. The molecule has 0 aliphatic carbocycles. The molecule has 1 N–H and O–H groups in total. The van der Waals surface area contributed by atoms with Crippen molar-refractivity contribution >= 4 is 17.5 Å². The number of fused-ring (bicyclic) bond motifs is 2. The number of carbonyl (C=O) groups is 1. The van der Waals surface area contributed by atoms with E-state index in [-0.39, 0.29) is 11.9 Å². The lowest BCUT2D eigenvalue weighted by atomic mass is 9.98. The molecule has 2 fully saturated rings. The number of hydrogen-bond acceptors (Lipinski definition) is 3. The molecule has 6 heteroatoms. The lowest BCUT2D eigenvalue weighted by Gasteiger charge is -2.36. The molecule has 0 aromatic carbocycles. The fraction of sp³-hybridized carbons (Fsp3) is 0.733. The minimum absolute atomic E-state index is 0.0307. The minimum atomic E-state index is -0.325. The number of hydrogen-bond donors (Lipinski definition) is 1. The summed E-state index contributed by atoms with van der Waals surface area (Å²) in [5.74, 6) is 0.0307. The van der Waals surface area contributed by atoms with Gasteiger partial charge in [-0.2, -0.15) is 5.10 Å². The van der Waals surface area contributed by atoms with Crippen LogP contribution in [0.15, 0.2) is 6.20 Å². The fourth-order valence-corrected chi connectivity index (χ4v) is 3.77. The third-order valence-corrected chi connectivity index (χ3v) is 5.45. The van der Waals surface area contributed by atoms with Crippen LogP contribution in [0.3, 0.4) is 0 Å². The van der Waals surface area contributed by atoms with Crippen molar-refractivity contribution in [1.82, 2.24) is 20.0 Å². The van der Waals surface area contributed by atoms with Crippen LogP contribution in [0.5, 0.6) is 0 Å². The van der Waals surface area contributed by atoms with E-state index in [0.29, 0.717) is 23.1 Å². The zero-order valence-corrected chi connectivity index (χ0v) is 13.6. The number of rotatable bonds is 3. The Balaban J connectivity index is 1.61. The summed E-state index contributed by atoms with van der Waals surface area (Å²) in [6, 6.07) is 1.23. The molecule has 3 heterocycles. The van der Waals surface area contributed by atoms with Crippen molar-refractivity contribution in [2.45, 2.75) is 63.7 Å². The molecule has 1 aromatic heterocycles. The normalized spacial score (nSPS) is 30.4. The van der Waals surface area contributed by atoms with E-state index in [4.69, 9.17) is 11.6 Å². The highest BCUT2D eigenvalue weighted by molar-refractivity contribution is 6.31. The van der Waals surface area contributed by atoms with Crippen molar-refractivity contribution < 1.29 is 4.79 Å². The van der Waals surface area contributed by atoms with Crippen molar-refractivity contribution in [2.24, 2.45) is 0 Å². The van der Waals surface area contributed by atoms with Crippen LogP contribution >= 0.6 is 11.6 Å². The lowest BCUT2D eigenvalue weighted by Crippen LogP contribution is -2.49. The largest absolute Gasteiger partial charge is 0.351 e. The van der Waals surface area contributed by atoms with E-state index in [1.54, 1.807) is 10.9 Å². The summed E-state index contributed by atoms with van der Waals surface area (Å²) in [6.07, 6.45) is 6.36. The number of halogens is 1. The van der Waals surface area contributed by atoms with Crippen LogP contribution < -0.4 is 5.32 Å². The van der Waals surface area contributed by atoms with E-state index in [1.807, 2.05) is 13.8 Å². The molecule has 21 heavy (non-hydrogen) atoms. The number of nitrogens with zero attached hydrogens (tertiary/aromatic N) is 3. The van der Waals surface area contributed by atoms with Crippen molar-refractivity contribution in [3.63, 3.8) is 0 Å². The van der Waals surface area contributed by atoms with Gasteiger partial charge in [0.2, 0.25) is 5.91 Å². The van der Waals surface area contributed by atoms with Crippen LogP contribution in [0.25, 0.3) is 0 Å². The van der Waals surface area contributed by atoms with Crippen LogP contribution in [0, 0.1) is 6.92 Å². The summed E-state index contributed by atoms with van der Waals surface area (Å²) < 4.78 is 1.65. The summed E-state index contributed by atoms with van der Waals surface area (Å²) in [5.41, 5.74) is 0.758. The number of carbonyl (C=O) groups excluding carboxylic acids is 1. The Labute approximate surface area is 130 Å². The maximum Gasteiger partial charge on any atom is 0.244 e. The highest BCUT2D eigenvalue weighted by Gasteiger charge is 2.39. The minimum Gasteiger partial charge on any atom is -0.351 e. The second-order valence-corrected chi connectivity index (χ2v) is 6.85. The summed E-state index contributed by atoms with van der Waals surface area (Å²) in [5, 5.41) is 8.10. The van der Waals surface area contributed by atoms with E-state index < -0.39 is 0 Å². The van der Waals surface area contributed by atoms with Crippen LogP contribution in [-0.2, 0) is 4.79 Å². The van der Waals surface area contributed by atoms with Gasteiger partial charge in [-0.05, 0) is 46.6 Å². The summed E-state index contributed by atoms with van der Waals surface area (Å²) in [7, 11) is 2.21. The number of aryl methyl sites for hydroxylation is 1. The highest BCUT2D eigenvalue weighted by atomic mass is 35.5. The Kier molecular flexibility index (Phi) is 3.97. The van der Waals surface area contributed by atoms with Gasteiger partial charge in [0.1, 0.15) is 6.04 Å². The first-order valence-corrected chi connectivity index (χ1v) is 8.07. The average Bonchev–Trinajstić information content (AvgIpc) is 2.85. The molecule has 0 spiro atoms. The highest BCUT2D eigenvalue weighted by Crippen LogP contribution is 2.34. The topological polar surface area (TPSA) is 50.2 Å². The Hall–Kier alpha value is -1.07. The predicted octanol–water partition coefficient (Wildman–Crippen LogP) is 2.15. The first kappa shape index (κ1) is 14.9. The Bertz CT molecular complexity index is 510. The summed E-state index contributed by atoms with van der Waals surface area (Å²) in [4.78, 5) is 14.9. The zero-order chi connectivity index (χ0) is 15.1. The molecule has 2 saturated heterocycles. The zero-order valence-electron chi connectivity index (χ0n) is 12.8. The van der Waals surface area contributed by atoms with E-state index in [1.165, 1.54) is 12.8 Å². The maximum absolute atomic E-state index is 12.4. The molecule has 2 bridgehead atoms. The van der Waals surface area contributed by atoms with Gasteiger partial charge in [-0.1, -0.05) is 11.6 Å². The van der Waals surface area contributed by atoms with E-state index in [0.717, 1.165) is 18.5 Å². The quantitative estimate of drug-likeness (QED) is 0.930. The molecule has 5 nitrogen and oxygen atoms in total. The Morgan fingerprint density at radius 3 is 2.57 bits per heavy atom. The summed E-state index contributed by atoms with van der Waals surface area (Å²) in [6.45, 7) is 3.71. The van der Waals surface area contributed by atoms with E-state index in [2.05, 4.69) is 22.4 Å². The number of amides is 1. The standard InChI is InChI=1S/C15H23ClN4O/c1-9-14(16)8-20(18-9)10(2)15(21)17-11-6-12-4-5-13(7-11)19(12)3/h8,10-13H,4-7H2,1-3H3,(H,17,21). The number of nitrogens with one attached hydrogen (secondary N) is 1. The maximum atomic E-state index is 12.4. The van der Waals surface area contributed by atoms with Gasteiger partial charge < -0.3 is 10.2 Å². The number of piperidine rings is 1. The van der Waals surface area contributed by atoms with Crippen LogP contribution in [0.1, 0.15) is 44.3 Å². The Morgan fingerprint density at radius 2 is 2.05 bits per heavy atom. The smallest absolute Gasteiger partial charge is 0.244 e. The number of aromatic nitrogens is 2. The van der Waals surface area contributed by atoms with Crippen LogP contribution in [0.2, 0.25) is 5.02 Å². The predicted molar refractivity (Wildman–Crippen MR) is 82.4 cm³/mol. The van der Waals surface area contributed by atoms with Crippen molar-refractivity contribution in [2.75, 3.05) is 7.05 Å². The molecule has 3 atom stereocenters. The average molecular weight is 311 g/mol. The van der Waals surface area contributed by atoms with Gasteiger partial charge in [0.05, 0.1) is 10.7 Å². The molecular formula is C15H23ClN4O. The molecular weight excluding hydrogens is 288 g/mol. The molecule has 2 aliphatic heterocycles. The van der Waals surface area contributed by atoms with Gasteiger partial charge >= 0.3 is 0 Å². The van der Waals surface area contributed by atoms with Gasteiger partial charge in [0, 0.05) is 24.3 Å². The van der Waals surface area contributed by atoms with E-state index in [9.17, 15) is 4.79 Å². The van der Waals surface area contributed by atoms with Gasteiger partial charge in [0.15, 0.2) is 0 Å². The van der Waals surface area contributed by atoms with E-state index >= 15 is 0 Å². The molecule has 0 radical (unpaired) electrons. The SMILES string of the molecule is Cc1nn(C(C)C(=O)NC2CC3CCC(C2)N3C)cc1Cl. The van der Waals surface area contributed by atoms with Crippen LogP contribution in [0.4, 0.5) is 0 Å². The van der Waals surface area contributed by atoms with Gasteiger partial charge in [0.25, 0.3) is 0 Å². The molecule has 116 valence electrons. The van der Waals surface area contributed by atoms with Gasteiger partial charge in [-0.25, -0.2) is 0 Å². The second kappa shape index (κ2) is 5.61. The lowest BCUT2D eigenvalue weighted by molar-refractivity contribution is -0.125. The third-order valence-electron chi connectivity index (χ3n) is 5.08. The molecule has 0 saturated carbocycles. The van der Waals surface area contributed by atoms with Gasteiger partial charge in [-0.15, -0.1) is 0 Å². The first-order chi connectivity index (χ1) is 9.95. The Morgan fingerprint density at radius 1 is 1.43 bits per heavy atom. The van der Waals surface area contributed by atoms with Crippen molar-refractivity contribution in [1.29, 1.82) is 0 Å².